The summed E-state index contributed by atoms with van der Waals surface area (Å²) in [4.78, 5) is 7.33. The van der Waals surface area contributed by atoms with Crippen molar-refractivity contribution >= 4 is 10.9 Å². The molecular weight excluding hydrogens is 364 g/mol. The van der Waals surface area contributed by atoms with Gasteiger partial charge in [0.1, 0.15) is 17.6 Å². The van der Waals surface area contributed by atoms with E-state index in [1.807, 2.05) is 12.1 Å². The van der Waals surface area contributed by atoms with E-state index in [0.717, 1.165) is 75.0 Å². The van der Waals surface area contributed by atoms with Gasteiger partial charge in [0.15, 0.2) is 5.76 Å². The van der Waals surface area contributed by atoms with E-state index in [1.54, 1.807) is 0 Å². The van der Waals surface area contributed by atoms with Gasteiger partial charge in [-0.25, -0.2) is 4.98 Å². The zero-order valence-electron chi connectivity index (χ0n) is 17.0. The molecule has 2 fully saturated rings. The van der Waals surface area contributed by atoms with E-state index >= 15 is 0 Å². The highest BCUT2D eigenvalue weighted by molar-refractivity contribution is 5.85. The number of hydrogen-bond acceptors (Lipinski definition) is 5. The normalized spacial score (nSPS) is 20.9. The second kappa shape index (κ2) is 8.27. The minimum Gasteiger partial charge on any atom is -0.457 e. The van der Waals surface area contributed by atoms with Gasteiger partial charge in [0.2, 0.25) is 0 Å². The Morgan fingerprint density at radius 1 is 1.03 bits per heavy atom. The number of aryl methyl sites for hydroxylation is 1. The summed E-state index contributed by atoms with van der Waals surface area (Å²) in [6, 6.07) is 12.8. The van der Waals surface area contributed by atoms with Crippen LogP contribution >= 0.6 is 0 Å². The van der Waals surface area contributed by atoms with E-state index in [2.05, 4.69) is 36.1 Å². The molecule has 0 radical (unpaired) electrons. The van der Waals surface area contributed by atoms with Gasteiger partial charge in [-0.15, -0.1) is 0 Å². The summed E-state index contributed by atoms with van der Waals surface area (Å²) in [6.07, 6.45) is 3.45. The molecular formula is C24H28N2O3. The summed E-state index contributed by atoms with van der Waals surface area (Å²) in [5, 5.41) is 1.21. The molecule has 0 bridgehead atoms. The third-order valence-corrected chi connectivity index (χ3v) is 5.97. The van der Waals surface area contributed by atoms with Gasteiger partial charge in [-0.05, 0) is 67.6 Å². The molecule has 1 aromatic carbocycles. The van der Waals surface area contributed by atoms with E-state index in [9.17, 15) is 0 Å². The maximum Gasteiger partial charge on any atom is 0.152 e. The van der Waals surface area contributed by atoms with Crippen molar-refractivity contribution in [3.05, 3.63) is 53.3 Å². The minimum atomic E-state index is 0.0850. The molecule has 0 amide bonds. The number of benzene rings is 1. The van der Waals surface area contributed by atoms with Crippen molar-refractivity contribution in [1.29, 1.82) is 0 Å². The molecule has 2 aliphatic rings. The van der Waals surface area contributed by atoms with Gasteiger partial charge in [0.25, 0.3) is 0 Å². The van der Waals surface area contributed by atoms with Crippen LogP contribution in [0.25, 0.3) is 22.4 Å². The highest BCUT2D eigenvalue weighted by Gasteiger charge is 2.20. The van der Waals surface area contributed by atoms with Crippen LogP contribution in [0.5, 0.6) is 0 Å². The molecule has 0 aliphatic carbocycles. The number of furan rings is 1. The van der Waals surface area contributed by atoms with Crippen LogP contribution in [0.15, 0.2) is 40.8 Å². The fourth-order valence-corrected chi connectivity index (χ4v) is 4.31. The number of morpholine rings is 1. The predicted molar refractivity (Wildman–Crippen MR) is 113 cm³/mol. The molecule has 0 saturated carbocycles. The first-order valence-electron chi connectivity index (χ1n) is 10.7. The Hall–Kier alpha value is -2.21. The smallest absolute Gasteiger partial charge is 0.152 e. The van der Waals surface area contributed by atoms with Crippen LogP contribution in [0.4, 0.5) is 0 Å². The third kappa shape index (κ3) is 4.08. The minimum absolute atomic E-state index is 0.0850. The fraction of sp³-hybridized carbons (Fsp3) is 0.458. The summed E-state index contributed by atoms with van der Waals surface area (Å²) in [5.41, 5.74) is 4.45. The number of aromatic nitrogens is 1. The summed E-state index contributed by atoms with van der Waals surface area (Å²) < 4.78 is 17.4. The summed E-state index contributed by atoms with van der Waals surface area (Å²) in [5.74, 6) is 1.73. The highest BCUT2D eigenvalue weighted by atomic mass is 16.5. The number of rotatable bonds is 4. The first-order chi connectivity index (χ1) is 14.3. The van der Waals surface area contributed by atoms with Gasteiger partial charge >= 0.3 is 0 Å². The lowest BCUT2D eigenvalue weighted by molar-refractivity contribution is 0.00221. The van der Waals surface area contributed by atoms with E-state index in [0.29, 0.717) is 0 Å². The molecule has 29 heavy (non-hydrogen) atoms. The summed E-state index contributed by atoms with van der Waals surface area (Å²) in [6.45, 7) is 7.59. The molecule has 2 saturated heterocycles. The molecule has 4 heterocycles. The topological polar surface area (TPSA) is 47.7 Å². The van der Waals surface area contributed by atoms with Crippen LogP contribution in [0, 0.1) is 6.92 Å². The van der Waals surface area contributed by atoms with Crippen molar-refractivity contribution in [1.82, 2.24) is 9.88 Å². The van der Waals surface area contributed by atoms with Crippen molar-refractivity contribution in [3.63, 3.8) is 0 Å². The Labute approximate surface area is 171 Å². The van der Waals surface area contributed by atoms with Crippen molar-refractivity contribution < 1.29 is 13.9 Å². The average molecular weight is 392 g/mol. The number of fused-ring (bicyclic) bond motifs is 1. The van der Waals surface area contributed by atoms with Crippen LogP contribution in [-0.2, 0) is 16.0 Å². The largest absolute Gasteiger partial charge is 0.457 e. The molecule has 0 N–H and O–H groups in total. The summed E-state index contributed by atoms with van der Waals surface area (Å²) in [7, 11) is 0. The van der Waals surface area contributed by atoms with Gasteiger partial charge in [-0.3, -0.25) is 4.90 Å². The number of pyridine rings is 1. The third-order valence-electron chi connectivity index (χ3n) is 5.97. The fourth-order valence-electron chi connectivity index (χ4n) is 4.31. The lowest BCUT2D eigenvalue weighted by Gasteiger charge is -2.26. The standard InChI is InChI=1S/C24H28N2O3/c1-17-14-21(22-7-8-24(29-22)23-4-2-3-11-28-23)25-20-6-5-18(15-19(17)20)16-26-9-12-27-13-10-26/h5-8,14-15,23H,2-4,9-13,16H2,1H3. The van der Waals surface area contributed by atoms with Gasteiger partial charge in [-0.2, -0.15) is 0 Å². The van der Waals surface area contributed by atoms with Crippen LogP contribution < -0.4 is 0 Å². The molecule has 152 valence electrons. The Bertz CT molecular complexity index is 985. The number of hydrogen-bond donors (Lipinski definition) is 0. The molecule has 2 aliphatic heterocycles. The zero-order chi connectivity index (χ0) is 19.6. The van der Waals surface area contributed by atoms with Crippen molar-refractivity contribution in [2.45, 2.75) is 38.8 Å². The molecule has 5 nitrogen and oxygen atoms in total. The van der Waals surface area contributed by atoms with Gasteiger partial charge in [-0.1, -0.05) is 6.07 Å². The molecule has 5 rings (SSSR count). The monoisotopic (exact) mass is 392 g/mol. The molecule has 5 heteroatoms. The quantitative estimate of drug-likeness (QED) is 0.633. The first-order valence-corrected chi connectivity index (χ1v) is 10.7. The number of nitrogens with zero attached hydrogens (tertiary/aromatic N) is 2. The molecule has 1 unspecified atom stereocenters. The van der Waals surface area contributed by atoms with E-state index in [1.165, 1.54) is 22.9 Å². The number of ether oxygens (including phenoxy) is 2. The molecule has 2 aromatic heterocycles. The van der Waals surface area contributed by atoms with E-state index < -0.39 is 0 Å². The molecule has 1 atom stereocenters. The zero-order valence-corrected chi connectivity index (χ0v) is 17.0. The van der Waals surface area contributed by atoms with E-state index in [4.69, 9.17) is 18.9 Å². The van der Waals surface area contributed by atoms with Gasteiger partial charge in [0.05, 0.1) is 18.7 Å². The van der Waals surface area contributed by atoms with Crippen LogP contribution in [0.2, 0.25) is 0 Å². The Morgan fingerprint density at radius 2 is 1.93 bits per heavy atom. The predicted octanol–water partition coefficient (Wildman–Crippen LogP) is 4.88. The Morgan fingerprint density at radius 3 is 2.76 bits per heavy atom. The Kier molecular flexibility index (Phi) is 5.36. The molecule has 3 aromatic rings. The van der Waals surface area contributed by atoms with E-state index in [-0.39, 0.29) is 6.10 Å². The second-order valence-corrected chi connectivity index (χ2v) is 8.12. The maximum absolute atomic E-state index is 6.13. The SMILES string of the molecule is Cc1cc(-c2ccc(C3CCCCO3)o2)nc2ccc(CN3CCOCC3)cc12. The lowest BCUT2D eigenvalue weighted by Crippen LogP contribution is -2.35. The van der Waals surface area contributed by atoms with Gasteiger partial charge in [0, 0.05) is 31.6 Å². The van der Waals surface area contributed by atoms with Gasteiger partial charge < -0.3 is 13.9 Å². The molecule has 0 spiro atoms. The van der Waals surface area contributed by atoms with Crippen LogP contribution in [0.1, 0.15) is 42.3 Å². The average Bonchev–Trinajstić information content (AvgIpc) is 3.26. The van der Waals surface area contributed by atoms with Crippen LogP contribution in [0.3, 0.4) is 0 Å². The lowest BCUT2D eigenvalue weighted by atomic mass is 10.0. The Balaban J connectivity index is 1.39. The maximum atomic E-state index is 6.13. The van der Waals surface area contributed by atoms with Crippen molar-refractivity contribution in [2.75, 3.05) is 32.9 Å². The van der Waals surface area contributed by atoms with Crippen molar-refractivity contribution in [2.24, 2.45) is 0 Å². The second-order valence-electron chi connectivity index (χ2n) is 8.12. The first kappa shape index (κ1) is 18.8. The van der Waals surface area contributed by atoms with Crippen LogP contribution in [-0.4, -0.2) is 42.8 Å². The van der Waals surface area contributed by atoms with Crippen molar-refractivity contribution in [3.8, 4) is 11.5 Å². The highest BCUT2D eigenvalue weighted by Crippen LogP contribution is 2.33. The summed E-state index contributed by atoms with van der Waals surface area (Å²) >= 11 is 0.